The van der Waals surface area contributed by atoms with E-state index in [1.807, 2.05) is 28.8 Å². The summed E-state index contributed by atoms with van der Waals surface area (Å²) in [5, 5.41) is 9.18. The first-order chi connectivity index (χ1) is 12.3. The standard InChI is InChI=1S/C20H22N2O3/c23-12-11-22-14-21-20-17(4-3-5-18(20)22)15-7-9-16(10-8-15)25-19-6-1-2-13-24-19/h3-5,7-10,14,19,23H,1-2,6,11-13H2. The Balaban J connectivity index is 1.58. The van der Waals surface area contributed by atoms with Crippen molar-refractivity contribution in [1.29, 1.82) is 0 Å². The fourth-order valence-electron chi connectivity index (χ4n) is 3.28. The summed E-state index contributed by atoms with van der Waals surface area (Å²) in [6, 6.07) is 14.2. The van der Waals surface area contributed by atoms with Crippen LogP contribution < -0.4 is 4.74 Å². The second-order valence-electron chi connectivity index (χ2n) is 6.27. The molecule has 0 aliphatic carbocycles. The zero-order valence-corrected chi connectivity index (χ0v) is 14.1. The van der Waals surface area contributed by atoms with Gasteiger partial charge in [-0.05, 0) is 36.6 Å². The molecule has 3 aromatic rings. The number of imidazole rings is 1. The van der Waals surface area contributed by atoms with Gasteiger partial charge in [-0.15, -0.1) is 0 Å². The molecule has 1 aromatic heterocycles. The minimum absolute atomic E-state index is 0.102. The maximum atomic E-state index is 9.18. The van der Waals surface area contributed by atoms with E-state index in [1.54, 1.807) is 6.33 Å². The van der Waals surface area contributed by atoms with Crippen LogP contribution in [0.25, 0.3) is 22.2 Å². The molecule has 25 heavy (non-hydrogen) atoms. The smallest absolute Gasteiger partial charge is 0.199 e. The van der Waals surface area contributed by atoms with E-state index in [1.165, 1.54) is 0 Å². The molecule has 0 bridgehead atoms. The Morgan fingerprint density at radius 3 is 2.80 bits per heavy atom. The molecule has 5 heteroatoms. The largest absolute Gasteiger partial charge is 0.465 e. The van der Waals surface area contributed by atoms with Crippen LogP contribution in [0.1, 0.15) is 19.3 Å². The van der Waals surface area contributed by atoms with E-state index in [4.69, 9.17) is 9.47 Å². The molecule has 0 radical (unpaired) electrons. The predicted molar refractivity (Wildman–Crippen MR) is 96.5 cm³/mol. The zero-order valence-electron chi connectivity index (χ0n) is 14.1. The monoisotopic (exact) mass is 338 g/mol. The SMILES string of the molecule is OCCn1cnc2c(-c3ccc(OC4CCCCO4)cc3)cccc21. The van der Waals surface area contributed by atoms with Crippen LogP contribution in [0.2, 0.25) is 0 Å². The highest BCUT2D eigenvalue weighted by Gasteiger charge is 2.15. The topological polar surface area (TPSA) is 56.5 Å². The lowest BCUT2D eigenvalue weighted by Gasteiger charge is -2.23. The molecule has 130 valence electrons. The Kier molecular flexibility index (Phi) is 4.68. The van der Waals surface area contributed by atoms with Crippen LogP contribution in [-0.2, 0) is 11.3 Å². The molecule has 0 spiro atoms. The molecule has 1 N–H and O–H groups in total. The minimum atomic E-state index is -0.128. The number of hydrogen-bond donors (Lipinski definition) is 1. The second kappa shape index (κ2) is 7.25. The van der Waals surface area contributed by atoms with Gasteiger partial charge in [0, 0.05) is 18.5 Å². The minimum Gasteiger partial charge on any atom is -0.465 e. The third-order valence-electron chi connectivity index (χ3n) is 4.56. The van der Waals surface area contributed by atoms with Crippen molar-refractivity contribution in [2.24, 2.45) is 0 Å². The molecule has 1 aliphatic rings. The number of rotatable bonds is 5. The van der Waals surface area contributed by atoms with Gasteiger partial charge >= 0.3 is 0 Å². The molecule has 2 aromatic carbocycles. The van der Waals surface area contributed by atoms with Crippen LogP contribution in [0, 0.1) is 0 Å². The summed E-state index contributed by atoms with van der Waals surface area (Å²) in [7, 11) is 0. The average Bonchev–Trinajstić information content (AvgIpc) is 3.07. The first-order valence-electron chi connectivity index (χ1n) is 8.78. The average molecular weight is 338 g/mol. The van der Waals surface area contributed by atoms with Gasteiger partial charge in [-0.3, -0.25) is 0 Å². The van der Waals surface area contributed by atoms with Crippen LogP contribution in [0.4, 0.5) is 0 Å². The van der Waals surface area contributed by atoms with Crippen molar-refractivity contribution < 1.29 is 14.6 Å². The highest BCUT2D eigenvalue weighted by atomic mass is 16.7. The first-order valence-corrected chi connectivity index (χ1v) is 8.78. The Morgan fingerprint density at radius 2 is 2.04 bits per heavy atom. The molecule has 0 saturated carbocycles. The lowest BCUT2D eigenvalue weighted by atomic mass is 10.0. The third-order valence-corrected chi connectivity index (χ3v) is 4.56. The number of ether oxygens (including phenoxy) is 2. The molecule has 0 amide bonds. The zero-order chi connectivity index (χ0) is 17.1. The highest BCUT2D eigenvalue weighted by Crippen LogP contribution is 2.29. The summed E-state index contributed by atoms with van der Waals surface area (Å²) in [5.74, 6) is 0.827. The summed E-state index contributed by atoms with van der Waals surface area (Å²) < 4.78 is 13.5. The van der Waals surface area contributed by atoms with Gasteiger partial charge in [-0.2, -0.15) is 0 Å². The molecular formula is C20H22N2O3. The first kappa shape index (κ1) is 16.1. The van der Waals surface area contributed by atoms with Gasteiger partial charge in [0.1, 0.15) is 5.75 Å². The van der Waals surface area contributed by atoms with Gasteiger partial charge in [0.25, 0.3) is 0 Å². The quantitative estimate of drug-likeness (QED) is 0.772. The van der Waals surface area contributed by atoms with Gasteiger partial charge in [0.15, 0.2) is 6.29 Å². The van der Waals surface area contributed by atoms with E-state index in [0.29, 0.717) is 6.54 Å². The van der Waals surface area contributed by atoms with Gasteiger partial charge in [-0.1, -0.05) is 24.3 Å². The Hall–Kier alpha value is -2.37. The number of aromatic nitrogens is 2. The number of aliphatic hydroxyl groups excluding tert-OH is 1. The van der Waals surface area contributed by atoms with Crippen LogP contribution in [-0.4, -0.2) is 34.2 Å². The maximum Gasteiger partial charge on any atom is 0.199 e. The number of para-hydroxylation sites is 1. The van der Waals surface area contributed by atoms with Gasteiger partial charge in [0.05, 0.1) is 30.6 Å². The van der Waals surface area contributed by atoms with Crippen molar-refractivity contribution in [3.8, 4) is 16.9 Å². The van der Waals surface area contributed by atoms with E-state index < -0.39 is 0 Å². The summed E-state index contributed by atoms with van der Waals surface area (Å²) in [6.07, 6.45) is 4.87. The molecule has 1 unspecified atom stereocenters. The lowest BCUT2D eigenvalue weighted by Crippen LogP contribution is -2.24. The van der Waals surface area contributed by atoms with Crippen molar-refractivity contribution in [3.63, 3.8) is 0 Å². The number of aliphatic hydroxyl groups is 1. The van der Waals surface area contributed by atoms with Crippen molar-refractivity contribution in [2.75, 3.05) is 13.2 Å². The second-order valence-corrected chi connectivity index (χ2v) is 6.27. The fraction of sp³-hybridized carbons (Fsp3) is 0.350. The van der Waals surface area contributed by atoms with Crippen LogP contribution >= 0.6 is 0 Å². The normalized spacial score (nSPS) is 17.7. The Morgan fingerprint density at radius 1 is 1.16 bits per heavy atom. The van der Waals surface area contributed by atoms with Crippen LogP contribution in [0.5, 0.6) is 5.75 Å². The van der Waals surface area contributed by atoms with E-state index >= 15 is 0 Å². The molecule has 1 aliphatic heterocycles. The molecule has 5 nitrogen and oxygen atoms in total. The summed E-state index contributed by atoms with van der Waals surface area (Å²) in [5.41, 5.74) is 4.15. The van der Waals surface area contributed by atoms with Crippen molar-refractivity contribution in [1.82, 2.24) is 9.55 Å². The van der Waals surface area contributed by atoms with Gasteiger partial charge in [0.2, 0.25) is 0 Å². The molecule has 4 rings (SSSR count). The summed E-state index contributed by atoms with van der Waals surface area (Å²) >= 11 is 0. The van der Waals surface area contributed by atoms with Gasteiger partial charge in [-0.25, -0.2) is 4.98 Å². The van der Waals surface area contributed by atoms with Crippen molar-refractivity contribution in [2.45, 2.75) is 32.1 Å². The summed E-state index contributed by atoms with van der Waals surface area (Å²) in [6.45, 7) is 1.43. The van der Waals surface area contributed by atoms with Crippen LogP contribution in [0.15, 0.2) is 48.8 Å². The number of nitrogens with zero attached hydrogens (tertiary/aromatic N) is 2. The number of hydrogen-bond acceptors (Lipinski definition) is 4. The van der Waals surface area contributed by atoms with Crippen molar-refractivity contribution in [3.05, 3.63) is 48.8 Å². The van der Waals surface area contributed by atoms with E-state index in [-0.39, 0.29) is 12.9 Å². The number of fused-ring (bicyclic) bond motifs is 1. The lowest BCUT2D eigenvalue weighted by molar-refractivity contribution is -0.105. The summed E-state index contributed by atoms with van der Waals surface area (Å²) in [4.78, 5) is 4.53. The maximum absolute atomic E-state index is 9.18. The Bertz CT molecular complexity index is 836. The molecule has 2 heterocycles. The Labute approximate surface area is 146 Å². The van der Waals surface area contributed by atoms with E-state index in [0.717, 1.165) is 53.8 Å². The predicted octanol–water partition coefficient (Wildman–Crippen LogP) is 3.60. The molecule has 1 saturated heterocycles. The highest BCUT2D eigenvalue weighted by molar-refractivity contribution is 5.92. The number of benzene rings is 2. The molecule has 1 atom stereocenters. The molecule has 1 fully saturated rings. The van der Waals surface area contributed by atoms with E-state index in [9.17, 15) is 5.11 Å². The van der Waals surface area contributed by atoms with Crippen LogP contribution in [0.3, 0.4) is 0 Å². The molecular weight excluding hydrogens is 316 g/mol. The van der Waals surface area contributed by atoms with E-state index in [2.05, 4.69) is 23.2 Å². The fourth-order valence-corrected chi connectivity index (χ4v) is 3.28. The third kappa shape index (κ3) is 3.38. The van der Waals surface area contributed by atoms with Gasteiger partial charge < -0.3 is 19.1 Å². The van der Waals surface area contributed by atoms with Crippen molar-refractivity contribution >= 4 is 11.0 Å².